The van der Waals surface area contributed by atoms with E-state index in [2.05, 4.69) is 93.6 Å². The smallest absolute Gasteiger partial charge is 0.143 e. The van der Waals surface area contributed by atoms with E-state index >= 15 is 0 Å². The molecule has 5 heteroatoms. The Bertz CT molecular complexity index is 1090. The molecule has 136 valence electrons. The molecule has 0 aliphatic rings. The number of fused-ring (bicyclic) bond motifs is 1. The van der Waals surface area contributed by atoms with Crippen molar-refractivity contribution >= 4 is 49.0 Å². The maximum atomic E-state index is 4.60. The zero-order valence-corrected chi connectivity index (χ0v) is 17.7. The van der Waals surface area contributed by atoms with E-state index in [1.807, 2.05) is 0 Å². The molecule has 0 atom stereocenters. The van der Waals surface area contributed by atoms with Gasteiger partial charge in [-0.15, -0.1) is 11.3 Å². The Balaban J connectivity index is 1.91. The first-order valence-electron chi connectivity index (χ1n) is 9.08. The number of para-hydroxylation sites is 1. The van der Waals surface area contributed by atoms with Gasteiger partial charge in [0.15, 0.2) is 0 Å². The van der Waals surface area contributed by atoms with Gasteiger partial charge in [0.25, 0.3) is 0 Å². The standard InChI is InChI=1S/C22H20BrN3S/c1-3-14-7-5-6-8-17(14)26-21-20-19(15-9-11-16(23)12-10-15)18(4-2)27-22(20)25-13-24-21/h5-13H,3-4H2,1-2H3,(H,24,25,26). The lowest BCUT2D eigenvalue weighted by Crippen LogP contribution is -1.98. The van der Waals surface area contributed by atoms with E-state index in [0.717, 1.165) is 39.0 Å². The Kier molecular flexibility index (Phi) is 5.23. The van der Waals surface area contributed by atoms with Gasteiger partial charge in [-0.1, -0.05) is 60.1 Å². The largest absolute Gasteiger partial charge is 0.339 e. The quantitative estimate of drug-likeness (QED) is 0.365. The highest BCUT2D eigenvalue weighted by molar-refractivity contribution is 9.10. The Morgan fingerprint density at radius 3 is 2.48 bits per heavy atom. The molecule has 2 aromatic heterocycles. The van der Waals surface area contributed by atoms with Gasteiger partial charge in [0.2, 0.25) is 0 Å². The van der Waals surface area contributed by atoms with Crippen molar-refractivity contribution in [3.63, 3.8) is 0 Å². The van der Waals surface area contributed by atoms with Crippen LogP contribution in [0.3, 0.4) is 0 Å². The first-order valence-corrected chi connectivity index (χ1v) is 10.7. The minimum absolute atomic E-state index is 0.870. The molecule has 4 aromatic rings. The summed E-state index contributed by atoms with van der Waals surface area (Å²) in [7, 11) is 0. The zero-order valence-electron chi connectivity index (χ0n) is 15.3. The van der Waals surface area contributed by atoms with Crippen LogP contribution in [0.15, 0.2) is 59.3 Å². The van der Waals surface area contributed by atoms with Crippen molar-refractivity contribution in [3.8, 4) is 11.1 Å². The SMILES string of the molecule is CCc1ccccc1Nc1ncnc2sc(CC)c(-c3ccc(Br)cc3)c12. The molecule has 1 N–H and O–H groups in total. The van der Waals surface area contributed by atoms with Crippen molar-refractivity contribution in [2.24, 2.45) is 0 Å². The zero-order chi connectivity index (χ0) is 18.8. The molecule has 0 radical (unpaired) electrons. The highest BCUT2D eigenvalue weighted by Crippen LogP contribution is 2.42. The van der Waals surface area contributed by atoms with Gasteiger partial charge in [-0.2, -0.15) is 0 Å². The third-order valence-corrected chi connectivity index (χ3v) is 6.44. The number of hydrogen-bond donors (Lipinski definition) is 1. The number of nitrogens with zero attached hydrogens (tertiary/aromatic N) is 2. The van der Waals surface area contributed by atoms with Crippen molar-refractivity contribution in [1.82, 2.24) is 9.97 Å². The lowest BCUT2D eigenvalue weighted by atomic mass is 10.0. The minimum Gasteiger partial charge on any atom is -0.339 e. The van der Waals surface area contributed by atoms with Crippen LogP contribution in [0.4, 0.5) is 11.5 Å². The molecule has 0 aliphatic heterocycles. The van der Waals surface area contributed by atoms with E-state index in [1.165, 1.54) is 21.6 Å². The number of aromatic nitrogens is 2. The number of hydrogen-bond acceptors (Lipinski definition) is 4. The molecule has 0 unspecified atom stereocenters. The highest BCUT2D eigenvalue weighted by atomic mass is 79.9. The molecule has 2 aromatic carbocycles. The summed E-state index contributed by atoms with van der Waals surface area (Å²) >= 11 is 5.29. The van der Waals surface area contributed by atoms with Crippen LogP contribution in [-0.2, 0) is 12.8 Å². The molecule has 0 aliphatic carbocycles. The second kappa shape index (κ2) is 7.79. The van der Waals surface area contributed by atoms with Crippen molar-refractivity contribution < 1.29 is 0 Å². The van der Waals surface area contributed by atoms with Crippen LogP contribution in [0, 0.1) is 0 Å². The van der Waals surface area contributed by atoms with Gasteiger partial charge in [-0.25, -0.2) is 9.97 Å². The molecule has 0 amide bonds. The monoisotopic (exact) mass is 437 g/mol. The van der Waals surface area contributed by atoms with Crippen LogP contribution >= 0.6 is 27.3 Å². The fourth-order valence-corrected chi connectivity index (χ4v) is 4.69. The summed E-state index contributed by atoms with van der Waals surface area (Å²) in [6.07, 6.45) is 3.60. The number of nitrogens with one attached hydrogen (secondary N) is 1. The number of halogens is 1. The topological polar surface area (TPSA) is 37.8 Å². The molecular weight excluding hydrogens is 418 g/mol. The maximum absolute atomic E-state index is 4.60. The van der Waals surface area contributed by atoms with Crippen LogP contribution in [0.5, 0.6) is 0 Å². The van der Waals surface area contributed by atoms with Crippen LogP contribution in [0.2, 0.25) is 0 Å². The fourth-order valence-electron chi connectivity index (χ4n) is 3.32. The molecule has 0 bridgehead atoms. The fraction of sp³-hybridized carbons (Fsp3) is 0.182. The number of aryl methyl sites for hydroxylation is 2. The molecule has 0 fully saturated rings. The predicted octanol–water partition coefficient (Wildman–Crippen LogP) is 6.99. The van der Waals surface area contributed by atoms with Gasteiger partial charge in [-0.05, 0) is 42.2 Å². The van der Waals surface area contributed by atoms with Crippen LogP contribution in [0.1, 0.15) is 24.3 Å². The number of thiophene rings is 1. The van der Waals surface area contributed by atoms with Crippen molar-refractivity contribution in [1.29, 1.82) is 0 Å². The predicted molar refractivity (Wildman–Crippen MR) is 119 cm³/mol. The van der Waals surface area contributed by atoms with Gasteiger partial charge in [0.05, 0.1) is 5.39 Å². The molecule has 2 heterocycles. The van der Waals surface area contributed by atoms with E-state index in [0.29, 0.717) is 0 Å². The third-order valence-electron chi connectivity index (χ3n) is 4.67. The second-order valence-electron chi connectivity index (χ2n) is 6.30. The molecule has 0 saturated heterocycles. The average molecular weight is 438 g/mol. The highest BCUT2D eigenvalue weighted by Gasteiger charge is 2.18. The van der Waals surface area contributed by atoms with E-state index in [1.54, 1.807) is 17.7 Å². The summed E-state index contributed by atoms with van der Waals surface area (Å²) in [5.41, 5.74) is 4.82. The summed E-state index contributed by atoms with van der Waals surface area (Å²) in [5.74, 6) is 0.870. The lowest BCUT2D eigenvalue weighted by molar-refractivity contribution is 1.14. The first kappa shape index (κ1) is 18.1. The Hall–Kier alpha value is -2.24. The first-order chi connectivity index (χ1) is 13.2. The van der Waals surface area contributed by atoms with Crippen LogP contribution in [0.25, 0.3) is 21.3 Å². The van der Waals surface area contributed by atoms with Gasteiger partial charge in [-0.3, -0.25) is 0 Å². The average Bonchev–Trinajstić information content (AvgIpc) is 3.09. The number of anilines is 2. The molecular formula is C22H20BrN3S. The lowest BCUT2D eigenvalue weighted by Gasteiger charge is -2.12. The minimum atomic E-state index is 0.870. The van der Waals surface area contributed by atoms with Crippen molar-refractivity contribution in [2.45, 2.75) is 26.7 Å². The van der Waals surface area contributed by atoms with E-state index < -0.39 is 0 Å². The Morgan fingerprint density at radius 2 is 1.74 bits per heavy atom. The normalized spacial score (nSPS) is 11.1. The number of benzene rings is 2. The van der Waals surface area contributed by atoms with E-state index in [-0.39, 0.29) is 0 Å². The summed E-state index contributed by atoms with van der Waals surface area (Å²) in [6.45, 7) is 4.36. The third kappa shape index (κ3) is 3.49. The summed E-state index contributed by atoms with van der Waals surface area (Å²) in [5, 5.41) is 4.68. The second-order valence-corrected chi connectivity index (χ2v) is 8.30. The van der Waals surface area contributed by atoms with Gasteiger partial charge in [0, 0.05) is 20.6 Å². The maximum Gasteiger partial charge on any atom is 0.143 e. The Morgan fingerprint density at radius 1 is 0.963 bits per heavy atom. The van der Waals surface area contributed by atoms with Crippen LogP contribution < -0.4 is 5.32 Å². The molecule has 3 nitrogen and oxygen atoms in total. The summed E-state index contributed by atoms with van der Waals surface area (Å²) in [4.78, 5) is 11.5. The van der Waals surface area contributed by atoms with Gasteiger partial charge >= 0.3 is 0 Å². The molecule has 0 spiro atoms. The molecule has 4 rings (SSSR count). The summed E-state index contributed by atoms with van der Waals surface area (Å²) < 4.78 is 1.08. The van der Waals surface area contributed by atoms with Gasteiger partial charge in [0.1, 0.15) is 17.0 Å². The summed E-state index contributed by atoms with van der Waals surface area (Å²) in [6, 6.07) is 16.9. The van der Waals surface area contributed by atoms with E-state index in [4.69, 9.17) is 0 Å². The van der Waals surface area contributed by atoms with Gasteiger partial charge < -0.3 is 5.32 Å². The number of rotatable bonds is 5. The van der Waals surface area contributed by atoms with Crippen molar-refractivity contribution in [2.75, 3.05) is 5.32 Å². The molecule has 0 saturated carbocycles. The van der Waals surface area contributed by atoms with Crippen LogP contribution in [-0.4, -0.2) is 9.97 Å². The Labute approximate surface area is 171 Å². The van der Waals surface area contributed by atoms with E-state index in [9.17, 15) is 0 Å². The molecule has 27 heavy (non-hydrogen) atoms. The van der Waals surface area contributed by atoms with Crippen molar-refractivity contribution in [3.05, 3.63) is 69.8 Å².